The van der Waals surface area contributed by atoms with Gasteiger partial charge in [-0.3, -0.25) is 4.79 Å². The molecule has 116 valence electrons. The molecule has 0 spiro atoms. The molecule has 0 aromatic heterocycles. The molecule has 4 heteroatoms. The van der Waals surface area contributed by atoms with Gasteiger partial charge < -0.3 is 11.1 Å². The molecule has 0 aliphatic heterocycles. The van der Waals surface area contributed by atoms with Gasteiger partial charge in [0.15, 0.2) is 0 Å². The van der Waals surface area contributed by atoms with Gasteiger partial charge in [0.05, 0.1) is 6.04 Å². The predicted molar refractivity (Wildman–Crippen MR) is 85.8 cm³/mol. The summed E-state index contributed by atoms with van der Waals surface area (Å²) in [4.78, 5) is 10.8. The number of amides is 1. The van der Waals surface area contributed by atoms with E-state index in [0.717, 1.165) is 13.0 Å². The summed E-state index contributed by atoms with van der Waals surface area (Å²) in [7, 11) is 0. The molecule has 0 aromatic rings. The summed E-state index contributed by atoms with van der Waals surface area (Å²) in [5, 5.41) is 3.13. The number of halogens is 1. The Morgan fingerprint density at radius 1 is 0.947 bits per heavy atom. The monoisotopic (exact) mass is 292 g/mol. The van der Waals surface area contributed by atoms with Gasteiger partial charge in [-0.1, -0.05) is 64.7 Å². The van der Waals surface area contributed by atoms with Gasteiger partial charge in [-0.05, 0) is 19.9 Å². The van der Waals surface area contributed by atoms with Crippen LogP contribution in [-0.2, 0) is 4.79 Å². The molecular formula is C15H33ClN2O. The van der Waals surface area contributed by atoms with Crippen molar-refractivity contribution in [3.05, 3.63) is 0 Å². The first-order chi connectivity index (χ1) is 8.68. The van der Waals surface area contributed by atoms with E-state index < -0.39 is 0 Å². The molecular weight excluding hydrogens is 260 g/mol. The van der Waals surface area contributed by atoms with Crippen LogP contribution < -0.4 is 11.1 Å². The van der Waals surface area contributed by atoms with Crippen molar-refractivity contribution in [3.8, 4) is 0 Å². The fourth-order valence-corrected chi connectivity index (χ4v) is 2.03. The van der Waals surface area contributed by atoms with Crippen LogP contribution in [0.3, 0.4) is 0 Å². The van der Waals surface area contributed by atoms with Crippen LogP contribution in [0.15, 0.2) is 0 Å². The average Bonchev–Trinajstić information content (AvgIpc) is 2.35. The van der Waals surface area contributed by atoms with E-state index in [9.17, 15) is 4.79 Å². The molecule has 0 aromatic carbocycles. The third kappa shape index (κ3) is 15.7. The van der Waals surface area contributed by atoms with Gasteiger partial charge >= 0.3 is 0 Å². The zero-order valence-corrected chi connectivity index (χ0v) is 13.6. The van der Waals surface area contributed by atoms with Crippen LogP contribution >= 0.6 is 12.4 Å². The molecule has 1 amide bonds. The molecule has 3 nitrogen and oxygen atoms in total. The minimum absolute atomic E-state index is 0. The number of nitrogens with two attached hydrogens (primary N) is 1. The Kier molecular flexibility index (Phi) is 17.5. The molecule has 0 aliphatic rings. The van der Waals surface area contributed by atoms with Gasteiger partial charge in [-0.15, -0.1) is 12.4 Å². The van der Waals surface area contributed by atoms with E-state index in [1.165, 1.54) is 57.8 Å². The summed E-state index contributed by atoms with van der Waals surface area (Å²) in [6, 6.07) is -0.191. The first kappa shape index (κ1) is 21.0. The van der Waals surface area contributed by atoms with Crippen molar-refractivity contribution >= 4 is 18.3 Å². The van der Waals surface area contributed by atoms with Gasteiger partial charge in [-0.2, -0.15) is 0 Å². The van der Waals surface area contributed by atoms with Crippen molar-refractivity contribution in [2.75, 3.05) is 6.54 Å². The second kappa shape index (κ2) is 15.8. The van der Waals surface area contributed by atoms with Gasteiger partial charge in [0.2, 0.25) is 5.91 Å². The first-order valence-corrected chi connectivity index (χ1v) is 7.71. The first-order valence-electron chi connectivity index (χ1n) is 7.71. The Bertz CT molecular complexity index is 201. The van der Waals surface area contributed by atoms with Crippen molar-refractivity contribution in [1.82, 2.24) is 5.32 Å². The molecule has 0 radical (unpaired) electrons. The highest BCUT2D eigenvalue weighted by molar-refractivity contribution is 5.85. The predicted octanol–water partition coefficient (Wildman–Crippen LogP) is 3.79. The van der Waals surface area contributed by atoms with Crippen molar-refractivity contribution in [1.29, 1.82) is 0 Å². The molecule has 0 unspecified atom stereocenters. The van der Waals surface area contributed by atoms with E-state index in [2.05, 4.69) is 12.2 Å². The zero-order valence-electron chi connectivity index (χ0n) is 12.7. The van der Waals surface area contributed by atoms with E-state index in [1.54, 1.807) is 0 Å². The number of rotatable bonds is 13. The maximum atomic E-state index is 10.8. The highest BCUT2D eigenvalue weighted by Gasteiger charge is 2.05. The number of hydrogen-bond donors (Lipinski definition) is 2. The Balaban J connectivity index is 0. The van der Waals surface area contributed by atoms with E-state index in [1.807, 2.05) is 6.92 Å². The molecule has 0 heterocycles. The number of carbonyl (C=O) groups excluding carboxylic acids is 1. The third-order valence-electron chi connectivity index (χ3n) is 3.41. The second-order valence-electron chi connectivity index (χ2n) is 5.26. The standard InChI is InChI=1S/C15H32N2O.ClH/c1-3-4-5-6-7-8-9-10-11-12-13-17-14(2)15(16)18;/h14,17H,3-13H2,1-2H3,(H2,16,18);1H/t14-;/m0./s1. The molecule has 0 bridgehead atoms. The number of hydrogen-bond acceptors (Lipinski definition) is 2. The minimum atomic E-state index is -0.262. The van der Waals surface area contributed by atoms with Crippen molar-refractivity contribution in [2.45, 2.75) is 84.1 Å². The van der Waals surface area contributed by atoms with E-state index in [-0.39, 0.29) is 24.4 Å². The van der Waals surface area contributed by atoms with E-state index >= 15 is 0 Å². The Hall–Kier alpha value is -0.280. The largest absolute Gasteiger partial charge is 0.368 e. The molecule has 19 heavy (non-hydrogen) atoms. The maximum absolute atomic E-state index is 10.8. The van der Waals surface area contributed by atoms with Crippen LogP contribution in [-0.4, -0.2) is 18.5 Å². The average molecular weight is 293 g/mol. The molecule has 0 fully saturated rings. The third-order valence-corrected chi connectivity index (χ3v) is 3.41. The van der Waals surface area contributed by atoms with Crippen molar-refractivity contribution in [3.63, 3.8) is 0 Å². The lowest BCUT2D eigenvalue weighted by atomic mass is 10.1. The Morgan fingerprint density at radius 2 is 1.37 bits per heavy atom. The molecule has 0 saturated carbocycles. The van der Waals surface area contributed by atoms with Crippen LogP contribution in [0.4, 0.5) is 0 Å². The summed E-state index contributed by atoms with van der Waals surface area (Å²) in [5.41, 5.74) is 5.16. The SMILES string of the molecule is CCCCCCCCCCCCN[C@@H](C)C(N)=O.Cl. The molecule has 0 aliphatic carbocycles. The van der Waals surface area contributed by atoms with Crippen LogP contribution in [0.2, 0.25) is 0 Å². The summed E-state index contributed by atoms with van der Waals surface area (Å²) in [6.07, 6.45) is 13.4. The number of primary amides is 1. The highest BCUT2D eigenvalue weighted by Crippen LogP contribution is 2.10. The smallest absolute Gasteiger partial charge is 0.234 e. The van der Waals surface area contributed by atoms with Crippen LogP contribution in [0.25, 0.3) is 0 Å². The van der Waals surface area contributed by atoms with E-state index in [0.29, 0.717) is 0 Å². The number of unbranched alkanes of at least 4 members (excludes halogenated alkanes) is 9. The van der Waals surface area contributed by atoms with Crippen LogP contribution in [0.5, 0.6) is 0 Å². The summed E-state index contributed by atoms with van der Waals surface area (Å²) in [6.45, 7) is 4.98. The van der Waals surface area contributed by atoms with Gasteiger partial charge in [0.25, 0.3) is 0 Å². The lowest BCUT2D eigenvalue weighted by molar-refractivity contribution is -0.119. The normalized spacial score (nSPS) is 11.9. The fourth-order valence-electron chi connectivity index (χ4n) is 2.03. The summed E-state index contributed by atoms with van der Waals surface area (Å²) < 4.78 is 0. The van der Waals surface area contributed by atoms with Crippen molar-refractivity contribution < 1.29 is 4.79 Å². The maximum Gasteiger partial charge on any atom is 0.234 e. The lowest BCUT2D eigenvalue weighted by Gasteiger charge is -2.09. The topological polar surface area (TPSA) is 55.1 Å². The lowest BCUT2D eigenvalue weighted by Crippen LogP contribution is -2.39. The second-order valence-corrected chi connectivity index (χ2v) is 5.26. The Morgan fingerprint density at radius 3 is 1.79 bits per heavy atom. The number of nitrogens with one attached hydrogen (secondary N) is 1. The van der Waals surface area contributed by atoms with Crippen LogP contribution in [0.1, 0.15) is 78.1 Å². The Labute approximate surface area is 125 Å². The van der Waals surface area contributed by atoms with Gasteiger partial charge in [0, 0.05) is 0 Å². The fraction of sp³-hybridized carbons (Fsp3) is 0.933. The molecule has 3 N–H and O–H groups in total. The minimum Gasteiger partial charge on any atom is -0.368 e. The van der Waals surface area contributed by atoms with Gasteiger partial charge in [-0.25, -0.2) is 0 Å². The quantitative estimate of drug-likeness (QED) is 0.507. The summed E-state index contributed by atoms with van der Waals surface area (Å²) >= 11 is 0. The van der Waals surface area contributed by atoms with Crippen molar-refractivity contribution in [2.24, 2.45) is 5.73 Å². The molecule has 0 rings (SSSR count). The summed E-state index contributed by atoms with van der Waals surface area (Å²) in [5.74, 6) is -0.262. The zero-order chi connectivity index (χ0) is 13.6. The highest BCUT2D eigenvalue weighted by atomic mass is 35.5. The van der Waals surface area contributed by atoms with E-state index in [4.69, 9.17) is 5.73 Å². The van der Waals surface area contributed by atoms with Crippen LogP contribution in [0, 0.1) is 0 Å². The molecule has 0 saturated heterocycles. The number of carbonyl (C=O) groups is 1. The van der Waals surface area contributed by atoms with Gasteiger partial charge in [0.1, 0.15) is 0 Å². The molecule has 1 atom stereocenters.